The van der Waals surface area contributed by atoms with Gasteiger partial charge < -0.3 is 5.32 Å². The Kier molecular flexibility index (Phi) is 5.29. The lowest BCUT2D eigenvalue weighted by atomic mass is 9.98. The molecular formula is C15H13Br2F2N. The van der Waals surface area contributed by atoms with E-state index >= 15 is 0 Å². The van der Waals surface area contributed by atoms with Gasteiger partial charge in [0.1, 0.15) is 11.6 Å². The van der Waals surface area contributed by atoms with E-state index in [1.807, 2.05) is 0 Å². The van der Waals surface area contributed by atoms with Gasteiger partial charge in [0.25, 0.3) is 0 Å². The third-order valence-electron chi connectivity index (χ3n) is 3.12. The van der Waals surface area contributed by atoms with E-state index < -0.39 is 0 Å². The summed E-state index contributed by atoms with van der Waals surface area (Å²) in [7, 11) is 1.74. The molecule has 2 rings (SSSR count). The molecule has 0 aliphatic heterocycles. The fourth-order valence-corrected chi connectivity index (χ4v) is 2.77. The maximum absolute atomic E-state index is 13.9. The largest absolute Gasteiger partial charge is 0.313 e. The molecule has 0 bridgehead atoms. The number of hydrogen-bond donors (Lipinski definition) is 1. The summed E-state index contributed by atoms with van der Waals surface area (Å²) < 4.78 is 29.3. The van der Waals surface area contributed by atoms with Gasteiger partial charge in [-0.15, -0.1) is 0 Å². The number of hydrogen-bond acceptors (Lipinski definition) is 1. The molecule has 0 amide bonds. The van der Waals surface area contributed by atoms with Crippen LogP contribution >= 0.6 is 31.9 Å². The summed E-state index contributed by atoms with van der Waals surface area (Å²) in [5, 5.41) is 3.04. The van der Waals surface area contributed by atoms with Gasteiger partial charge in [-0.2, -0.15) is 0 Å². The Morgan fingerprint density at radius 3 is 2.30 bits per heavy atom. The van der Waals surface area contributed by atoms with E-state index in [0.717, 1.165) is 4.47 Å². The van der Waals surface area contributed by atoms with E-state index in [9.17, 15) is 8.78 Å². The third kappa shape index (κ3) is 3.65. The first-order chi connectivity index (χ1) is 9.51. The highest BCUT2D eigenvalue weighted by molar-refractivity contribution is 9.10. The monoisotopic (exact) mass is 403 g/mol. The van der Waals surface area contributed by atoms with Gasteiger partial charge in [-0.05, 0) is 49.4 Å². The van der Waals surface area contributed by atoms with E-state index in [1.165, 1.54) is 12.1 Å². The van der Waals surface area contributed by atoms with Crippen LogP contribution in [0.25, 0.3) is 0 Å². The molecule has 106 valence electrons. The van der Waals surface area contributed by atoms with Gasteiger partial charge in [-0.25, -0.2) is 8.78 Å². The van der Waals surface area contributed by atoms with Crippen LogP contribution in [0.15, 0.2) is 45.3 Å². The molecule has 0 aromatic heterocycles. The van der Waals surface area contributed by atoms with Crippen molar-refractivity contribution in [2.45, 2.75) is 12.5 Å². The number of benzene rings is 2. The summed E-state index contributed by atoms with van der Waals surface area (Å²) in [6.45, 7) is 0. The van der Waals surface area contributed by atoms with Gasteiger partial charge in [0, 0.05) is 20.6 Å². The Morgan fingerprint density at radius 1 is 1.00 bits per heavy atom. The fraction of sp³-hybridized carbons (Fsp3) is 0.200. The Hall–Kier alpha value is -0.780. The second kappa shape index (κ2) is 6.78. The molecule has 0 aliphatic carbocycles. The SMILES string of the molecule is CNC(Cc1ccc(Br)cc1F)c1cc(Br)ccc1F. The molecule has 0 spiro atoms. The Morgan fingerprint density at radius 2 is 1.65 bits per heavy atom. The lowest BCUT2D eigenvalue weighted by molar-refractivity contribution is 0.519. The second-order valence-electron chi connectivity index (χ2n) is 4.45. The summed E-state index contributed by atoms with van der Waals surface area (Å²) >= 11 is 6.55. The van der Waals surface area contributed by atoms with Gasteiger partial charge >= 0.3 is 0 Å². The molecule has 1 nitrogen and oxygen atoms in total. The van der Waals surface area contributed by atoms with Crippen LogP contribution in [0.4, 0.5) is 8.78 Å². The molecule has 5 heteroatoms. The normalized spacial score (nSPS) is 12.4. The number of rotatable bonds is 4. The maximum atomic E-state index is 13.9. The molecule has 1 N–H and O–H groups in total. The van der Waals surface area contributed by atoms with E-state index in [-0.39, 0.29) is 17.7 Å². The van der Waals surface area contributed by atoms with Crippen molar-refractivity contribution in [3.05, 3.63) is 68.1 Å². The van der Waals surface area contributed by atoms with Crippen molar-refractivity contribution in [1.29, 1.82) is 0 Å². The van der Waals surface area contributed by atoms with Crippen molar-refractivity contribution >= 4 is 31.9 Å². The van der Waals surface area contributed by atoms with Crippen molar-refractivity contribution in [3.8, 4) is 0 Å². The quantitative estimate of drug-likeness (QED) is 0.756. The molecule has 0 heterocycles. The van der Waals surface area contributed by atoms with Crippen molar-refractivity contribution in [1.82, 2.24) is 5.32 Å². The fourth-order valence-electron chi connectivity index (χ4n) is 2.06. The minimum absolute atomic E-state index is 0.289. The molecule has 0 saturated heterocycles. The van der Waals surface area contributed by atoms with Crippen molar-refractivity contribution in [2.24, 2.45) is 0 Å². The Balaban J connectivity index is 2.31. The molecule has 20 heavy (non-hydrogen) atoms. The molecule has 0 aliphatic rings. The number of halogens is 4. The lowest BCUT2D eigenvalue weighted by Gasteiger charge is -2.18. The smallest absolute Gasteiger partial charge is 0.128 e. The zero-order valence-electron chi connectivity index (χ0n) is 10.8. The average Bonchev–Trinajstić information content (AvgIpc) is 2.41. The van der Waals surface area contributed by atoms with Crippen LogP contribution < -0.4 is 5.32 Å². The van der Waals surface area contributed by atoms with Gasteiger partial charge in [0.2, 0.25) is 0 Å². The Bertz CT molecular complexity index is 617. The molecular weight excluding hydrogens is 392 g/mol. The first-order valence-corrected chi connectivity index (χ1v) is 7.66. The molecule has 2 aromatic carbocycles. The highest BCUT2D eigenvalue weighted by Gasteiger charge is 2.17. The number of likely N-dealkylation sites (N-methyl/N-ethyl adjacent to an activating group) is 1. The highest BCUT2D eigenvalue weighted by atomic mass is 79.9. The van der Waals surface area contributed by atoms with Gasteiger partial charge in [0.15, 0.2) is 0 Å². The topological polar surface area (TPSA) is 12.0 Å². The zero-order valence-corrected chi connectivity index (χ0v) is 13.9. The average molecular weight is 405 g/mol. The molecule has 1 atom stereocenters. The summed E-state index contributed by atoms with van der Waals surface area (Å²) in [6, 6.07) is 9.38. The summed E-state index contributed by atoms with van der Waals surface area (Å²) in [4.78, 5) is 0. The van der Waals surface area contributed by atoms with E-state index in [1.54, 1.807) is 31.3 Å². The highest BCUT2D eigenvalue weighted by Crippen LogP contribution is 2.26. The van der Waals surface area contributed by atoms with E-state index in [0.29, 0.717) is 22.0 Å². The van der Waals surface area contributed by atoms with Gasteiger partial charge in [-0.1, -0.05) is 37.9 Å². The zero-order chi connectivity index (χ0) is 14.7. The predicted octanol–water partition coefficient (Wildman–Crippen LogP) is 4.99. The minimum atomic E-state index is -0.301. The van der Waals surface area contributed by atoms with Crippen LogP contribution in [-0.4, -0.2) is 7.05 Å². The first-order valence-electron chi connectivity index (χ1n) is 6.07. The molecule has 2 aromatic rings. The number of nitrogens with one attached hydrogen (secondary N) is 1. The summed E-state index contributed by atoms with van der Waals surface area (Å²) in [6.07, 6.45) is 0.378. The van der Waals surface area contributed by atoms with E-state index in [4.69, 9.17) is 0 Å². The van der Waals surface area contributed by atoms with Crippen molar-refractivity contribution in [2.75, 3.05) is 7.05 Å². The molecule has 0 fully saturated rings. The predicted molar refractivity (Wildman–Crippen MR) is 83.7 cm³/mol. The van der Waals surface area contributed by atoms with E-state index in [2.05, 4.69) is 37.2 Å². The van der Waals surface area contributed by atoms with Gasteiger partial charge in [0.05, 0.1) is 0 Å². The molecule has 0 saturated carbocycles. The van der Waals surface area contributed by atoms with Crippen molar-refractivity contribution < 1.29 is 8.78 Å². The van der Waals surface area contributed by atoms with Crippen molar-refractivity contribution in [3.63, 3.8) is 0 Å². The summed E-state index contributed by atoms with van der Waals surface area (Å²) in [5.74, 6) is -0.597. The standard InChI is InChI=1S/C15H13Br2F2N/c1-20-15(12-7-10(16)4-5-13(12)18)6-9-2-3-11(17)8-14(9)19/h2-5,7-8,15,20H,6H2,1H3. The third-order valence-corrected chi connectivity index (χ3v) is 4.11. The lowest BCUT2D eigenvalue weighted by Crippen LogP contribution is -2.20. The van der Waals surface area contributed by atoms with Crippen LogP contribution in [0.5, 0.6) is 0 Å². The van der Waals surface area contributed by atoms with Crippen LogP contribution in [0, 0.1) is 11.6 Å². The van der Waals surface area contributed by atoms with Crippen LogP contribution in [-0.2, 0) is 6.42 Å². The van der Waals surface area contributed by atoms with Crippen LogP contribution in [0.2, 0.25) is 0 Å². The summed E-state index contributed by atoms with van der Waals surface area (Å²) in [5.41, 5.74) is 1.07. The van der Waals surface area contributed by atoms with Gasteiger partial charge in [-0.3, -0.25) is 0 Å². The molecule has 1 unspecified atom stereocenters. The molecule has 0 radical (unpaired) electrons. The van der Waals surface area contributed by atoms with Crippen LogP contribution in [0.1, 0.15) is 17.2 Å². The Labute approximate surface area is 133 Å². The second-order valence-corrected chi connectivity index (χ2v) is 6.28. The van der Waals surface area contributed by atoms with Crippen LogP contribution in [0.3, 0.4) is 0 Å². The first kappa shape index (κ1) is 15.6. The minimum Gasteiger partial charge on any atom is -0.313 e. The maximum Gasteiger partial charge on any atom is 0.128 e.